The van der Waals surface area contributed by atoms with Crippen molar-refractivity contribution >= 4 is 35.8 Å². The van der Waals surface area contributed by atoms with E-state index in [2.05, 4.69) is 4.99 Å². The van der Waals surface area contributed by atoms with E-state index >= 15 is 0 Å². The molecule has 28 heavy (non-hydrogen) atoms. The van der Waals surface area contributed by atoms with E-state index in [1.807, 2.05) is 13.8 Å². The van der Waals surface area contributed by atoms with Gasteiger partial charge in [-0.25, -0.2) is 9.59 Å². The number of aliphatic imine (C=N–C) groups is 1. The van der Waals surface area contributed by atoms with Gasteiger partial charge < -0.3 is 9.84 Å². The maximum Gasteiger partial charge on any atom is 0.336 e. The predicted molar refractivity (Wildman–Crippen MR) is 111 cm³/mol. The fourth-order valence-corrected chi connectivity index (χ4v) is 2.48. The minimum absolute atomic E-state index is 0.0543. The molecule has 2 aromatic carbocycles. The van der Waals surface area contributed by atoms with Crippen LogP contribution in [0.2, 0.25) is 5.02 Å². The molecule has 0 aliphatic heterocycles. The SMILES string of the molecule is CCC(C)C(N=Cc1ccc(OC(=O)/C=C/c2ccc(Cl)cc2)cc1)C(=O)O. The molecule has 2 unspecified atom stereocenters. The fraction of sp³-hybridized carbons (Fsp3) is 0.227. The lowest BCUT2D eigenvalue weighted by molar-refractivity contribution is -0.139. The summed E-state index contributed by atoms with van der Waals surface area (Å²) in [6.45, 7) is 3.79. The van der Waals surface area contributed by atoms with Crippen LogP contribution in [0.25, 0.3) is 6.08 Å². The summed E-state index contributed by atoms with van der Waals surface area (Å²) < 4.78 is 5.24. The Bertz CT molecular complexity index is 857. The Morgan fingerprint density at radius 3 is 2.29 bits per heavy atom. The summed E-state index contributed by atoms with van der Waals surface area (Å²) in [6.07, 6.45) is 5.23. The number of carbonyl (C=O) groups excluding carboxylic acids is 1. The molecule has 0 amide bonds. The van der Waals surface area contributed by atoms with Crippen molar-refractivity contribution in [2.24, 2.45) is 10.9 Å². The molecule has 0 heterocycles. The van der Waals surface area contributed by atoms with Crippen LogP contribution in [0.4, 0.5) is 0 Å². The molecule has 146 valence electrons. The summed E-state index contributed by atoms with van der Waals surface area (Å²) in [5.74, 6) is -1.11. The fourth-order valence-electron chi connectivity index (χ4n) is 2.35. The Morgan fingerprint density at radius 1 is 1.11 bits per heavy atom. The molecule has 5 nitrogen and oxygen atoms in total. The molecule has 2 aromatic rings. The molecule has 2 rings (SSSR count). The maximum atomic E-state index is 11.9. The van der Waals surface area contributed by atoms with Gasteiger partial charge in [-0.15, -0.1) is 0 Å². The van der Waals surface area contributed by atoms with Gasteiger partial charge in [0.25, 0.3) is 0 Å². The molecule has 0 saturated heterocycles. The van der Waals surface area contributed by atoms with Crippen LogP contribution in [0.5, 0.6) is 5.75 Å². The highest BCUT2D eigenvalue weighted by Crippen LogP contribution is 2.15. The lowest BCUT2D eigenvalue weighted by Crippen LogP contribution is -2.25. The molecular formula is C22H22ClNO4. The van der Waals surface area contributed by atoms with E-state index in [4.69, 9.17) is 16.3 Å². The molecule has 1 N–H and O–H groups in total. The standard InChI is InChI=1S/C22H22ClNO4/c1-3-15(2)21(22(26)27)24-14-17-6-11-19(12-7-17)28-20(25)13-8-16-4-9-18(23)10-5-16/h4-15,21H,3H2,1-2H3,(H,26,27)/b13-8+,24-14?. The maximum absolute atomic E-state index is 11.9. The number of ether oxygens (including phenoxy) is 1. The minimum atomic E-state index is -0.941. The molecule has 0 spiro atoms. The van der Waals surface area contributed by atoms with Gasteiger partial charge in [-0.2, -0.15) is 0 Å². The highest BCUT2D eigenvalue weighted by molar-refractivity contribution is 6.30. The van der Waals surface area contributed by atoms with Gasteiger partial charge in [0.1, 0.15) is 11.8 Å². The second kappa shape index (κ2) is 10.4. The van der Waals surface area contributed by atoms with E-state index in [0.29, 0.717) is 10.8 Å². The van der Waals surface area contributed by atoms with Crippen molar-refractivity contribution in [2.75, 3.05) is 0 Å². The van der Waals surface area contributed by atoms with Crippen LogP contribution in [-0.4, -0.2) is 29.3 Å². The van der Waals surface area contributed by atoms with E-state index in [9.17, 15) is 14.7 Å². The molecule has 6 heteroatoms. The molecule has 0 aliphatic carbocycles. The third kappa shape index (κ3) is 6.67. The van der Waals surface area contributed by atoms with E-state index < -0.39 is 18.0 Å². The monoisotopic (exact) mass is 399 g/mol. The van der Waals surface area contributed by atoms with Crippen LogP contribution in [0.1, 0.15) is 31.4 Å². The van der Waals surface area contributed by atoms with Crippen molar-refractivity contribution in [3.8, 4) is 5.75 Å². The van der Waals surface area contributed by atoms with Crippen LogP contribution in [-0.2, 0) is 9.59 Å². The van der Waals surface area contributed by atoms with Crippen LogP contribution in [0, 0.1) is 5.92 Å². The zero-order valence-corrected chi connectivity index (χ0v) is 16.5. The Balaban J connectivity index is 1.96. The summed E-state index contributed by atoms with van der Waals surface area (Å²) in [4.78, 5) is 27.4. The van der Waals surface area contributed by atoms with Crippen molar-refractivity contribution in [1.29, 1.82) is 0 Å². The minimum Gasteiger partial charge on any atom is -0.480 e. The van der Waals surface area contributed by atoms with Crippen LogP contribution in [0.3, 0.4) is 0 Å². The van der Waals surface area contributed by atoms with Crippen LogP contribution >= 0.6 is 11.6 Å². The van der Waals surface area contributed by atoms with Gasteiger partial charge in [-0.1, -0.05) is 44.0 Å². The van der Waals surface area contributed by atoms with Gasteiger partial charge in [0.2, 0.25) is 0 Å². The van der Waals surface area contributed by atoms with Crippen molar-refractivity contribution in [3.05, 3.63) is 70.8 Å². The lowest BCUT2D eigenvalue weighted by Gasteiger charge is -2.13. The molecule has 2 atom stereocenters. The van der Waals surface area contributed by atoms with E-state index in [-0.39, 0.29) is 5.92 Å². The number of rotatable bonds is 8. The van der Waals surface area contributed by atoms with Gasteiger partial charge >= 0.3 is 11.9 Å². The quantitative estimate of drug-likeness (QED) is 0.297. The Labute approximate surface area is 169 Å². The molecule has 0 aromatic heterocycles. The third-order valence-corrected chi connectivity index (χ3v) is 4.45. The molecule has 0 bridgehead atoms. The second-order valence-electron chi connectivity index (χ2n) is 6.32. The zero-order valence-electron chi connectivity index (χ0n) is 15.7. The van der Waals surface area contributed by atoms with Crippen LogP contribution < -0.4 is 4.74 Å². The first kappa shape index (κ1) is 21.4. The van der Waals surface area contributed by atoms with Gasteiger partial charge in [0, 0.05) is 17.3 Å². The van der Waals surface area contributed by atoms with Gasteiger partial charge in [0.05, 0.1) is 0 Å². The topological polar surface area (TPSA) is 76.0 Å². The number of benzene rings is 2. The number of nitrogens with zero attached hydrogens (tertiary/aromatic N) is 1. The van der Waals surface area contributed by atoms with Crippen molar-refractivity contribution in [1.82, 2.24) is 0 Å². The highest BCUT2D eigenvalue weighted by Gasteiger charge is 2.21. The molecule has 0 fully saturated rings. The van der Waals surface area contributed by atoms with Gasteiger partial charge in [-0.05, 0) is 59.5 Å². The van der Waals surface area contributed by atoms with Crippen molar-refractivity contribution in [2.45, 2.75) is 26.3 Å². The zero-order chi connectivity index (χ0) is 20.5. The van der Waals surface area contributed by atoms with Gasteiger partial charge in [-0.3, -0.25) is 4.99 Å². The Kier molecular flexibility index (Phi) is 7.96. The first-order valence-corrected chi connectivity index (χ1v) is 9.28. The van der Waals surface area contributed by atoms with Crippen molar-refractivity contribution < 1.29 is 19.4 Å². The third-order valence-electron chi connectivity index (χ3n) is 4.20. The average molecular weight is 400 g/mol. The molecule has 0 aliphatic rings. The number of esters is 1. The lowest BCUT2D eigenvalue weighted by atomic mass is 10.00. The summed E-state index contributed by atoms with van der Waals surface area (Å²) in [7, 11) is 0. The van der Waals surface area contributed by atoms with Crippen molar-refractivity contribution in [3.63, 3.8) is 0 Å². The number of carboxylic acids is 1. The second-order valence-corrected chi connectivity index (χ2v) is 6.76. The van der Waals surface area contributed by atoms with Crippen LogP contribution in [0.15, 0.2) is 59.6 Å². The number of aliphatic carboxylic acids is 1. The van der Waals surface area contributed by atoms with E-state index in [1.54, 1.807) is 54.6 Å². The van der Waals surface area contributed by atoms with Gasteiger partial charge in [0.15, 0.2) is 0 Å². The number of hydrogen-bond acceptors (Lipinski definition) is 4. The summed E-state index contributed by atoms with van der Waals surface area (Å²) in [5, 5.41) is 9.89. The first-order chi connectivity index (χ1) is 13.4. The number of carboxylic acid groups (broad SMARTS) is 1. The van der Waals surface area contributed by atoms with E-state index in [0.717, 1.165) is 17.5 Å². The summed E-state index contributed by atoms with van der Waals surface area (Å²) in [5.41, 5.74) is 1.56. The summed E-state index contributed by atoms with van der Waals surface area (Å²) in [6, 6.07) is 13.0. The molecule has 0 radical (unpaired) electrons. The smallest absolute Gasteiger partial charge is 0.336 e. The summed E-state index contributed by atoms with van der Waals surface area (Å²) >= 11 is 5.82. The number of hydrogen-bond donors (Lipinski definition) is 1. The van der Waals surface area contributed by atoms with E-state index in [1.165, 1.54) is 12.3 Å². The average Bonchev–Trinajstić information content (AvgIpc) is 2.68. The first-order valence-electron chi connectivity index (χ1n) is 8.90. The normalized spacial score (nSPS) is 13.5. The molecule has 0 saturated carbocycles. The predicted octanol–water partition coefficient (Wildman–Crippen LogP) is 4.88. The number of halogens is 1. The Hall–Kier alpha value is -2.92. The molecular weight excluding hydrogens is 378 g/mol. The Morgan fingerprint density at radius 2 is 1.71 bits per heavy atom. The highest BCUT2D eigenvalue weighted by atomic mass is 35.5. The largest absolute Gasteiger partial charge is 0.480 e. The number of carbonyl (C=O) groups is 2.